The highest BCUT2D eigenvalue weighted by atomic mass is 16.5. The van der Waals surface area contributed by atoms with E-state index >= 15 is 0 Å². The number of hydrogen-bond acceptors (Lipinski definition) is 3. The molecule has 1 aliphatic rings. The van der Waals surface area contributed by atoms with Crippen molar-refractivity contribution in [1.29, 1.82) is 0 Å². The summed E-state index contributed by atoms with van der Waals surface area (Å²) in [6.07, 6.45) is 0.394. The minimum atomic E-state index is 0.0271. The zero-order valence-corrected chi connectivity index (χ0v) is 15.4. The highest BCUT2D eigenvalue weighted by Crippen LogP contribution is 2.17. The molecule has 1 fully saturated rings. The van der Waals surface area contributed by atoms with Crippen molar-refractivity contribution in [2.45, 2.75) is 32.7 Å². The number of anilines is 1. The molecule has 1 aliphatic heterocycles. The number of morpholine rings is 1. The van der Waals surface area contributed by atoms with Crippen LogP contribution in [0.4, 0.5) is 5.69 Å². The zero-order valence-electron chi connectivity index (χ0n) is 15.4. The van der Waals surface area contributed by atoms with E-state index in [1.54, 1.807) is 0 Å². The SMILES string of the molecule is C[C@@H]1C[NH+](CC(=O)Nc2ccc(OCc3ccccc3)cc2)C[C@@H](C)O1. The Kier molecular flexibility index (Phi) is 6.26. The maximum absolute atomic E-state index is 12.3. The Morgan fingerprint density at radius 3 is 2.38 bits per heavy atom. The van der Waals surface area contributed by atoms with Gasteiger partial charge < -0.3 is 19.7 Å². The Hall–Kier alpha value is -2.37. The van der Waals surface area contributed by atoms with Crippen molar-refractivity contribution in [3.8, 4) is 5.75 Å². The van der Waals surface area contributed by atoms with Crippen LogP contribution in [0.2, 0.25) is 0 Å². The first-order valence-electron chi connectivity index (χ1n) is 9.14. The molecule has 0 spiro atoms. The second kappa shape index (κ2) is 8.83. The summed E-state index contributed by atoms with van der Waals surface area (Å²) in [6.45, 7) is 6.84. The van der Waals surface area contributed by atoms with Gasteiger partial charge in [-0.05, 0) is 43.7 Å². The van der Waals surface area contributed by atoms with Crippen LogP contribution in [-0.4, -0.2) is 37.7 Å². The molecule has 2 aromatic rings. The average molecular weight is 355 g/mol. The van der Waals surface area contributed by atoms with E-state index in [1.165, 1.54) is 4.90 Å². The van der Waals surface area contributed by atoms with Crippen molar-refractivity contribution in [2.24, 2.45) is 0 Å². The van der Waals surface area contributed by atoms with Gasteiger partial charge in [0.1, 0.15) is 37.7 Å². The molecule has 1 heterocycles. The van der Waals surface area contributed by atoms with E-state index in [9.17, 15) is 4.79 Å². The van der Waals surface area contributed by atoms with Gasteiger partial charge in [0.15, 0.2) is 6.54 Å². The number of carbonyl (C=O) groups is 1. The second-order valence-electron chi connectivity index (χ2n) is 6.94. The van der Waals surface area contributed by atoms with Gasteiger partial charge in [0, 0.05) is 5.69 Å². The van der Waals surface area contributed by atoms with Gasteiger partial charge in [-0.25, -0.2) is 0 Å². The minimum absolute atomic E-state index is 0.0271. The van der Waals surface area contributed by atoms with E-state index in [0.29, 0.717) is 13.2 Å². The fourth-order valence-corrected chi connectivity index (χ4v) is 3.34. The molecule has 0 radical (unpaired) electrons. The van der Waals surface area contributed by atoms with Crippen molar-refractivity contribution in [1.82, 2.24) is 0 Å². The molecule has 3 rings (SSSR count). The van der Waals surface area contributed by atoms with Gasteiger partial charge in [-0.1, -0.05) is 30.3 Å². The third-order valence-electron chi connectivity index (χ3n) is 4.41. The van der Waals surface area contributed by atoms with E-state index in [1.807, 2.05) is 54.6 Å². The molecule has 138 valence electrons. The first-order chi connectivity index (χ1) is 12.6. The molecule has 0 unspecified atom stereocenters. The monoisotopic (exact) mass is 355 g/mol. The lowest BCUT2D eigenvalue weighted by atomic mass is 10.2. The fourth-order valence-electron chi connectivity index (χ4n) is 3.34. The van der Waals surface area contributed by atoms with Gasteiger partial charge in [0.25, 0.3) is 5.91 Å². The molecule has 1 amide bonds. The molecule has 0 bridgehead atoms. The molecule has 2 atom stereocenters. The van der Waals surface area contributed by atoms with Crippen molar-refractivity contribution in [3.63, 3.8) is 0 Å². The van der Waals surface area contributed by atoms with Crippen LogP contribution in [0.5, 0.6) is 5.75 Å². The highest BCUT2D eigenvalue weighted by molar-refractivity contribution is 5.91. The highest BCUT2D eigenvalue weighted by Gasteiger charge is 2.27. The summed E-state index contributed by atoms with van der Waals surface area (Å²) in [4.78, 5) is 13.5. The maximum Gasteiger partial charge on any atom is 0.279 e. The van der Waals surface area contributed by atoms with Crippen LogP contribution in [0.1, 0.15) is 19.4 Å². The molecule has 2 N–H and O–H groups in total. The standard InChI is InChI=1S/C21H26N2O3/c1-16-12-23(13-17(2)26-16)14-21(24)22-19-8-10-20(11-9-19)25-15-18-6-4-3-5-7-18/h3-11,16-17H,12-15H2,1-2H3,(H,22,24)/p+1/t16-,17-/m1/s1. The van der Waals surface area contributed by atoms with Crippen LogP contribution in [0, 0.1) is 0 Å². The normalized spacial score (nSPS) is 22.6. The summed E-state index contributed by atoms with van der Waals surface area (Å²) in [5.74, 6) is 0.813. The quantitative estimate of drug-likeness (QED) is 0.832. The summed E-state index contributed by atoms with van der Waals surface area (Å²) in [7, 11) is 0. The fraction of sp³-hybridized carbons (Fsp3) is 0.381. The lowest BCUT2D eigenvalue weighted by Crippen LogP contribution is -3.16. The predicted molar refractivity (Wildman–Crippen MR) is 101 cm³/mol. The number of hydrogen-bond donors (Lipinski definition) is 2. The summed E-state index contributed by atoms with van der Waals surface area (Å²) < 4.78 is 11.5. The Morgan fingerprint density at radius 2 is 1.73 bits per heavy atom. The van der Waals surface area contributed by atoms with Gasteiger partial charge in [-0.3, -0.25) is 4.79 Å². The van der Waals surface area contributed by atoms with Crippen molar-refractivity contribution in [3.05, 3.63) is 60.2 Å². The molecule has 1 saturated heterocycles. The molecule has 0 aliphatic carbocycles. The summed E-state index contributed by atoms with van der Waals surface area (Å²) >= 11 is 0. The molecule has 26 heavy (non-hydrogen) atoms. The zero-order chi connectivity index (χ0) is 18.4. The van der Waals surface area contributed by atoms with Crippen LogP contribution < -0.4 is 15.0 Å². The molecule has 0 saturated carbocycles. The van der Waals surface area contributed by atoms with E-state index in [0.717, 1.165) is 30.1 Å². The molecule has 0 aromatic heterocycles. The number of quaternary nitrogens is 1. The first-order valence-corrected chi connectivity index (χ1v) is 9.14. The van der Waals surface area contributed by atoms with Gasteiger partial charge in [0.05, 0.1) is 0 Å². The van der Waals surface area contributed by atoms with E-state index < -0.39 is 0 Å². The number of benzene rings is 2. The molecular weight excluding hydrogens is 328 g/mol. The maximum atomic E-state index is 12.3. The minimum Gasteiger partial charge on any atom is -0.489 e. The van der Waals surface area contributed by atoms with Gasteiger partial charge in [0.2, 0.25) is 0 Å². The van der Waals surface area contributed by atoms with Gasteiger partial charge in [-0.2, -0.15) is 0 Å². The molecule has 5 heteroatoms. The number of ether oxygens (including phenoxy) is 2. The average Bonchev–Trinajstić information content (AvgIpc) is 2.61. The van der Waals surface area contributed by atoms with Crippen LogP contribution in [0.3, 0.4) is 0 Å². The second-order valence-corrected chi connectivity index (χ2v) is 6.94. The number of rotatable bonds is 6. The van der Waals surface area contributed by atoms with Crippen LogP contribution in [-0.2, 0) is 16.1 Å². The van der Waals surface area contributed by atoms with E-state index in [-0.39, 0.29) is 18.1 Å². The lowest BCUT2D eigenvalue weighted by Gasteiger charge is -2.31. The Bertz CT molecular complexity index is 693. The number of nitrogens with one attached hydrogen (secondary N) is 2. The van der Waals surface area contributed by atoms with E-state index in [4.69, 9.17) is 9.47 Å². The number of carbonyl (C=O) groups excluding carboxylic acids is 1. The van der Waals surface area contributed by atoms with Crippen molar-refractivity contribution < 1.29 is 19.2 Å². The largest absolute Gasteiger partial charge is 0.489 e. The van der Waals surface area contributed by atoms with Crippen molar-refractivity contribution >= 4 is 11.6 Å². The first kappa shape index (κ1) is 18.4. The molecule has 5 nitrogen and oxygen atoms in total. The van der Waals surface area contributed by atoms with Crippen LogP contribution >= 0.6 is 0 Å². The van der Waals surface area contributed by atoms with Gasteiger partial charge in [-0.15, -0.1) is 0 Å². The van der Waals surface area contributed by atoms with Crippen molar-refractivity contribution in [2.75, 3.05) is 25.0 Å². The lowest BCUT2D eigenvalue weighted by molar-refractivity contribution is -0.907. The predicted octanol–water partition coefficient (Wildman–Crippen LogP) is 1.90. The topological polar surface area (TPSA) is 52.0 Å². The van der Waals surface area contributed by atoms with Gasteiger partial charge >= 0.3 is 0 Å². The smallest absolute Gasteiger partial charge is 0.279 e. The Balaban J connectivity index is 1.47. The third kappa shape index (κ3) is 5.58. The van der Waals surface area contributed by atoms with Crippen LogP contribution in [0.25, 0.3) is 0 Å². The molecular formula is C21H27N2O3+. The molecule has 2 aromatic carbocycles. The Labute approximate surface area is 154 Å². The third-order valence-corrected chi connectivity index (χ3v) is 4.41. The summed E-state index contributed by atoms with van der Waals surface area (Å²) in [6, 6.07) is 17.5. The summed E-state index contributed by atoms with van der Waals surface area (Å²) in [5, 5.41) is 2.96. The Morgan fingerprint density at radius 1 is 1.08 bits per heavy atom. The van der Waals surface area contributed by atoms with E-state index in [2.05, 4.69) is 19.2 Å². The van der Waals surface area contributed by atoms with Crippen LogP contribution in [0.15, 0.2) is 54.6 Å². The summed E-state index contributed by atoms with van der Waals surface area (Å²) in [5.41, 5.74) is 1.91. The number of amides is 1.